The minimum absolute atomic E-state index is 0.00848. The highest BCUT2D eigenvalue weighted by atomic mass is 16.5. The maximum Gasteiger partial charge on any atom is 0.308 e. The van der Waals surface area contributed by atoms with Gasteiger partial charge < -0.3 is 15.0 Å². The molecule has 35 heavy (non-hydrogen) atoms. The van der Waals surface area contributed by atoms with Crippen LogP contribution in [0.1, 0.15) is 69.4 Å². The van der Waals surface area contributed by atoms with Crippen molar-refractivity contribution < 1.29 is 14.3 Å². The van der Waals surface area contributed by atoms with E-state index in [0.29, 0.717) is 18.1 Å². The average molecular weight is 477 g/mol. The second-order valence-corrected chi connectivity index (χ2v) is 10.6. The fourth-order valence-corrected chi connectivity index (χ4v) is 6.21. The molecule has 1 aliphatic carbocycles. The van der Waals surface area contributed by atoms with Gasteiger partial charge in [-0.3, -0.25) is 9.59 Å². The summed E-state index contributed by atoms with van der Waals surface area (Å²) in [7, 11) is 2.20. The first-order valence-corrected chi connectivity index (χ1v) is 13.3. The number of fused-ring (bicyclic) bond motifs is 1. The summed E-state index contributed by atoms with van der Waals surface area (Å²) in [5.74, 6) is 1.05. The Hall–Kier alpha value is -2.66. The van der Waals surface area contributed by atoms with Crippen molar-refractivity contribution in [1.29, 1.82) is 0 Å². The lowest BCUT2D eigenvalue weighted by Gasteiger charge is -2.52. The largest absolute Gasteiger partial charge is 0.427 e. The second kappa shape index (κ2) is 11.9. The summed E-state index contributed by atoms with van der Waals surface area (Å²) >= 11 is 0. The number of hydrogen-bond acceptors (Lipinski definition) is 4. The molecule has 2 aromatic rings. The zero-order valence-corrected chi connectivity index (χ0v) is 21.3. The summed E-state index contributed by atoms with van der Waals surface area (Å²) in [6.07, 6.45) is 8.97. The molecule has 1 heterocycles. The Balaban J connectivity index is 1.34. The zero-order chi connectivity index (χ0) is 24.7. The van der Waals surface area contributed by atoms with E-state index >= 15 is 0 Å². The molecule has 2 aliphatic rings. The summed E-state index contributed by atoms with van der Waals surface area (Å²) in [6, 6.07) is 18.8. The van der Waals surface area contributed by atoms with Crippen LogP contribution in [-0.2, 0) is 21.4 Å². The number of hydrogen-bond donors (Lipinski definition) is 1. The van der Waals surface area contributed by atoms with Crippen LogP contribution in [0.4, 0.5) is 0 Å². The maximum atomic E-state index is 12.8. The van der Waals surface area contributed by atoms with Crippen molar-refractivity contribution in [3.05, 3.63) is 65.7 Å². The van der Waals surface area contributed by atoms with E-state index in [0.717, 1.165) is 64.5 Å². The van der Waals surface area contributed by atoms with Gasteiger partial charge in [0.25, 0.3) is 0 Å². The number of nitrogens with zero attached hydrogens (tertiary/aromatic N) is 1. The molecule has 1 saturated carbocycles. The van der Waals surface area contributed by atoms with Crippen molar-refractivity contribution in [1.82, 2.24) is 10.2 Å². The maximum absolute atomic E-state index is 12.8. The van der Waals surface area contributed by atoms with Crippen molar-refractivity contribution in [2.24, 2.45) is 5.92 Å². The number of aryl methyl sites for hydroxylation is 1. The third kappa shape index (κ3) is 6.72. The number of amides is 1. The predicted octanol–water partition coefficient (Wildman–Crippen LogP) is 5.27. The third-order valence-corrected chi connectivity index (χ3v) is 7.98. The summed E-state index contributed by atoms with van der Waals surface area (Å²) in [5, 5.41) is 3.38. The first-order valence-electron chi connectivity index (χ1n) is 13.3. The van der Waals surface area contributed by atoms with Crippen LogP contribution in [-0.4, -0.2) is 43.0 Å². The fourth-order valence-electron chi connectivity index (χ4n) is 6.21. The summed E-state index contributed by atoms with van der Waals surface area (Å²) < 4.78 is 5.41. The lowest BCUT2D eigenvalue weighted by molar-refractivity contribution is -0.132. The molecule has 3 atom stereocenters. The lowest BCUT2D eigenvalue weighted by Crippen LogP contribution is -2.55. The fraction of sp³-hybridized carbons (Fsp3) is 0.533. The SMILES string of the molecule is CC(=O)Oc1cccc([C@@]23CCN(C)C[C@H]2CC[C@@H](NC(=O)CCCCCc2ccccc2)C3)c1. The van der Waals surface area contributed by atoms with Crippen molar-refractivity contribution in [3.8, 4) is 5.75 Å². The van der Waals surface area contributed by atoms with Gasteiger partial charge in [-0.05, 0) is 87.7 Å². The molecule has 0 spiro atoms. The predicted molar refractivity (Wildman–Crippen MR) is 139 cm³/mol. The standard InChI is InChI=1S/C30H40N2O3/c1-23(33)35-28-14-9-13-25(20-28)30-18-19-32(2)22-26(30)16-17-27(21-30)31-29(34)15-8-4-7-12-24-10-5-3-6-11-24/h3,5-6,9-11,13-14,20,26-27H,4,7-8,12,15-19,21-22H2,1-2H3,(H,31,34)/t26-,27-,30+/m1/s1. The van der Waals surface area contributed by atoms with Gasteiger partial charge in [0.05, 0.1) is 0 Å². The summed E-state index contributed by atoms with van der Waals surface area (Å²) in [5.41, 5.74) is 2.62. The lowest BCUT2D eigenvalue weighted by atomic mass is 9.58. The van der Waals surface area contributed by atoms with E-state index in [2.05, 4.69) is 53.7 Å². The number of benzene rings is 2. The van der Waals surface area contributed by atoms with Crippen molar-refractivity contribution in [2.45, 2.75) is 76.2 Å². The van der Waals surface area contributed by atoms with Crippen LogP contribution in [0.25, 0.3) is 0 Å². The number of ether oxygens (including phenoxy) is 1. The molecule has 188 valence electrons. The molecular weight excluding hydrogens is 436 g/mol. The van der Waals surface area contributed by atoms with Gasteiger partial charge in [0.2, 0.25) is 5.91 Å². The monoisotopic (exact) mass is 476 g/mol. The molecule has 1 aliphatic heterocycles. The molecule has 4 rings (SSSR count). The normalized spacial score (nSPS) is 24.4. The highest BCUT2D eigenvalue weighted by molar-refractivity contribution is 5.76. The number of esters is 1. The summed E-state index contributed by atoms with van der Waals surface area (Å²) in [4.78, 5) is 26.7. The Bertz CT molecular complexity index is 992. The van der Waals surface area contributed by atoms with E-state index in [4.69, 9.17) is 4.74 Å². The Morgan fingerprint density at radius 2 is 1.89 bits per heavy atom. The van der Waals surface area contributed by atoms with Gasteiger partial charge in [-0.2, -0.15) is 0 Å². The minimum atomic E-state index is -0.294. The van der Waals surface area contributed by atoms with E-state index in [1.807, 2.05) is 18.2 Å². The smallest absolute Gasteiger partial charge is 0.308 e. The van der Waals surface area contributed by atoms with E-state index < -0.39 is 0 Å². The van der Waals surface area contributed by atoms with Crippen molar-refractivity contribution >= 4 is 11.9 Å². The van der Waals surface area contributed by atoms with Gasteiger partial charge in [-0.25, -0.2) is 0 Å². The van der Waals surface area contributed by atoms with Crippen LogP contribution in [0.5, 0.6) is 5.75 Å². The molecule has 1 N–H and O–H groups in total. The van der Waals surface area contributed by atoms with E-state index in [1.54, 1.807) is 0 Å². The molecule has 1 saturated heterocycles. The number of unbranched alkanes of at least 4 members (excludes halogenated alkanes) is 2. The third-order valence-electron chi connectivity index (χ3n) is 7.98. The molecular formula is C30H40N2O3. The highest BCUT2D eigenvalue weighted by Gasteiger charge is 2.47. The number of likely N-dealkylation sites (tertiary alicyclic amines) is 1. The molecule has 2 fully saturated rings. The highest BCUT2D eigenvalue weighted by Crippen LogP contribution is 2.49. The molecule has 0 bridgehead atoms. The number of piperidine rings is 1. The van der Waals surface area contributed by atoms with E-state index in [1.165, 1.54) is 18.1 Å². The number of carbonyl (C=O) groups is 2. The molecule has 0 aromatic heterocycles. The molecule has 1 amide bonds. The molecule has 0 radical (unpaired) electrons. The first kappa shape index (κ1) is 25.4. The molecule has 5 nitrogen and oxygen atoms in total. The Kier molecular flexibility index (Phi) is 8.61. The topological polar surface area (TPSA) is 58.6 Å². The van der Waals surface area contributed by atoms with Gasteiger partial charge in [0, 0.05) is 31.3 Å². The Morgan fingerprint density at radius 1 is 1.06 bits per heavy atom. The van der Waals surface area contributed by atoms with Crippen LogP contribution in [0.2, 0.25) is 0 Å². The zero-order valence-electron chi connectivity index (χ0n) is 21.3. The van der Waals surface area contributed by atoms with Crippen LogP contribution in [0, 0.1) is 5.92 Å². The van der Waals surface area contributed by atoms with Gasteiger partial charge in [0.1, 0.15) is 5.75 Å². The molecule has 0 unspecified atom stereocenters. The van der Waals surface area contributed by atoms with Gasteiger partial charge in [-0.15, -0.1) is 0 Å². The quantitative estimate of drug-likeness (QED) is 0.304. The van der Waals surface area contributed by atoms with Crippen LogP contribution < -0.4 is 10.1 Å². The molecule has 5 heteroatoms. The van der Waals surface area contributed by atoms with Crippen LogP contribution in [0.15, 0.2) is 54.6 Å². The van der Waals surface area contributed by atoms with Crippen molar-refractivity contribution in [3.63, 3.8) is 0 Å². The van der Waals surface area contributed by atoms with Crippen LogP contribution >= 0.6 is 0 Å². The van der Waals surface area contributed by atoms with E-state index in [-0.39, 0.29) is 23.3 Å². The van der Waals surface area contributed by atoms with Gasteiger partial charge in [-0.1, -0.05) is 48.9 Å². The molecule has 2 aromatic carbocycles. The van der Waals surface area contributed by atoms with Gasteiger partial charge >= 0.3 is 5.97 Å². The first-order chi connectivity index (χ1) is 16.9. The Labute approximate surface area is 210 Å². The van der Waals surface area contributed by atoms with Crippen molar-refractivity contribution in [2.75, 3.05) is 20.1 Å². The summed E-state index contributed by atoms with van der Waals surface area (Å²) in [6.45, 7) is 3.55. The van der Waals surface area contributed by atoms with Crippen LogP contribution in [0.3, 0.4) is 0 Å². The second-order valence-electron chi connectivity index (χ2n) is 10.6. The van der Waals surface area contributed by atoms with E-state index in [9.17, 15) is 9.59 Å². The number of carbonyl (C=O) groups excluding carboxylic acids is 2. The average Bonchev–Trinajstić information content (AvgIpc) is 2.84. The number of rotatable bonds is 9. The number of nitrogens with one attached hydrogen (secondary N) is 1. The van der Waals surface area contributed by atoms with Gasteiger partial charge in [0.15, 0.2) is 0 Å². The minimum Gasteiger partial charge on any atom is -0.427 e. The Morgan fingerprint density at radius 3 is 2.69 bits per heavy atom.